The van der Waals surface area contributed by atoms with Crippen LogP contribution in [-0.2, 0) is 9.47 Å². The number of phenols is 2. The normalized spacial score (nSPS) is 10.4. The predicted molar refractivity (Wildman–Crippen MR) is 69.4 cm³/mol. The van der Waals surface area contributed by atoms with Gasteiger partial charge in [0.05, 0.1) is 18.8 Å². The van der Waals surface area contributed by atoms with Crippen molar-refractivity contribution in [3.8, 4) is 11.5 Å². The number of carbonyl (C=O) groups excluding carboxylic acids is 1. The highest BCUT2D eigenvalue weighted by atomic mass is 16.5. The third-order valence-corrected chi connectivity index (χ3v) is 2.44. The minimum absolute atomic E-state index is 0.0558. The zero-order chi connectivity index (χ0) is 14.1. The van der Waals surface area contributed by atoms with Crippen molar-refractivity contribution >= 4 is 5.91 Å². The highest BCUT2D eigenvalue weighted by Gasteiger charge is 2.12. The first-order valence-electron chi connectivity index (χ1n) is 6.02. The summed E-state index contributed by atoms with van der Waals surface area (Å²) in [7, 11) is 1.60. The summed E-state index contributed by atoms with van der Waals surface area (Å²) in [5.41, 5.74) is 0.0558. The molecular formula is C13H19NO5. The van der Waals surface area contributed by atoms with Gasteiger partial charge in [0.15, 0.2) is 11.5 Å². The molecule has 1 aromatic rings. The number of aromatic hydroxyl groups is 2. The minimum Gasteiger partial charge on any atom is -0.504 e. The highest BCUT2D eigenvalue weighted by molar-refractivity contribution is 5.97. The predicted octanol–water partition coefficient (Wildman–Crippen LogP) is 0.881. The number of carbonyl (C=O) groups is 1. The Kier molecular flexibility index (Phi) is 6.70. The lowest BCUT2D eigenvalue weighted by Gasteiger charge is -2.08. The minimum atomic E-state index is -0.426. The van der Waals surface area contributed by atoms with E-state index >= 15 is 0 Å². The van der Waals surface area contributed by atoms with Crippen LogP contribution in [0, 0.1) is 0 Å². The fourth-order valence-electron chi connectivity index (χ4n) is 1.43. The number of rotatable bonds is 8. The molecule has 19 heavy (non-hydrogen) atoms. The molecule has 1 aromatic carbocycles. The van der Waals surface area contributed by atoms with Crippen LogP contribution in [0.4, 0.5) is 0 Å². The molecule has 0 spiro atoms. The zero-order valence-corrected chi connectivity index (χ0v) is 10.9. The van der Waals surface area contributed by atoms with Crippen molar-refractivity contribution in [1.82, 2.24) is 5.32 Å². The van der Waals surface area contributed by atoms with Gasteiger partial charge in [-0.25, -0.2) is 0 Å². The molecular weight excluding hydrogens is 250 g/mol. The summed E-state index contributed by atoms with van der Waals surface area (Å²) in [6, 6.07) is 4.26. The quantitative estimate of drug-likeness (QED) is 0.481. The lowest BCUT2D eigenvalue weighted by Crippen LogP contribution is -2.25. The first-order chi connectivity index (χ1) is 9.16. The summed E-state index contributed by atoms with van der Waals surface area (Å²) >= 11 is 0. The summed E-state index contributed by atoms with van der Waals surface area (Å²) in [6.07, 6.45) is 0.662. The first kappa shape index (κ1) is 15.3. The third-order valence-electron chi connectivity index (χ3n) is 2.44. The molecule has 0 unspecified atom stereocenters. The number of ether oxygens (including phenoxy) is 2. The average Bonchev–Trinajstić information content (AvgIpc) is 2.40. The van der Waals surface area contributed by atoms with Crippen LogP contribution >= 0.6 is 0 Å². The summed E-state index contributed by atoms with van der Waals surface area (Å²) < 4.78 is 10.1. The second-order valence-corrected chi connectivity index (χ2v) is 3.89. The van der Waals surface area contributed by atoms with Crippen molar-refractivity contribution in [2.24, 2.45) is 0 Å². The monoisotopic (exact) mass is 269 g/mol. The van der Waals surface area contributed by atoms with E-state index < -0.39 is 11.7 Å². The maximum Gasteiger partial charge on any atom is 0.255 e. The number of amides is 1. The van der Waals surface area contributed by atoms with Crippen LogP contribution in [-0.4, -0.2) is 49.6 Å². The van der Waals surface area contributed by atoms with E-state index in [1.165, 1.54) is 18.2 Å². The van der Waals surface area contributed by atoms with Crippen molar-refractivity contribution in [3.05, 3.63) is 23.8 Å². The number of benzene rings is 1. The first-order valence-corrected chi connectivity index (χ1v) is 6.02. The topological polar surface area (TPSA) is 88.0 Å². The summed E-state index contributed by atoms with van der Waals surface area (Å²) in [5, 5.41) is 21.4. The standard InChI is InChI=1S/C13H19NO5/c1-18-8-9-19-7-3-6-14-13(17)10-4-2-5-11(15)12(10)16/h2,4-5,15-16H,3,6-9H2,1H3,(H,14,17). The second kappa shape index (κ2) is 8.34. The SMILES string of the molecule is COCCOCCCNC(=O)c1cccc(O)c1O. The van der Waals surface area contributed by atoms with Gasteiger partial charge in [-0.3, -0.25) is 4.79 Å². The molecule has 0 saturated carbocycles. The van der Waals surface area contributed by atoms with Crippen molar-refractivity contribution in [1.29, 1.82) is 0 Å². The molecule has 0 bridgehead atoms. The number of methoxy groups -OCH3 is 1. The number of hydrogen-bond acceptors (Lipinski definition) is 5. The van der Waals surface area contributed by atoms with Crippen molar-refractivity contribution < 1.29 is 24.5 Å². The number of phenolic OH excluding ortho intramolecular Hbond substituents is 2. The van der Waals surface area contributed by atoms with Crippen LogP contribution in [0.25, 0.3) is 0 Å². The van der Waals surface area contributed by atoms with Crippen LogP contribution in [0.3, 0.4) is 0 Å². The number of hydrogen-bond donors (Lipinski definition) is 3. The van der Waals surface area contributed by atoms with E-state index in [1.54, 1.807) is 7.11 Å². The Balaban J connectivity index is 2.26. The Labute approximate surface area is 112 Å². The smallest absolute Gasteiger partial charge is 0.255 e. The Morgan fingerprint density at radius 3 is 2.79 bits per heavy atom. The van der Waals surface area contributed by atoms with Gasteiger partial charge in [0, 0.05) is 20.3 Å². The van der Waals surface area contributed by atoms with Gasteiger partial charge in [-0.1, -0.05) is 6.07 Å². The van der Waals surface area contributed by atoms with Gasteiger partial charge in [-0.05, 0) is 18.6 Å². The highest BCUT2D eigenvalue weighted by Crippen LogP contribution is 2.27. The molecule has 1 amide bonds. The van der Waals surface area contributed by atoms with E-state index in [0.29, 0.717) is 32.8 Å². The van der Waals surface area contributed by atoms with E-state index in [-0.39, 0.29) is 11.3 Å². The van der Waals surface area contributed by atoms with Crippen LogP contribution in [0.15, 0.2) is 18.2 Å². The van der Waals surface area contributed by atoms with Crippen LogP contribution < -0.4 is 5.32 Å². The van der Waals surface area contributed by atoms with Crippen LogP contribution in [0.5, 0.6) is 11.5 Å². The molecule has 0 saturated heterocycles. The van der Waals surface area contributed by atoms with E-state index in [1.807, 2.05) is 0 Å². The van der Waals surface area contributed by atoms with Crippen LogP contribution in [0.1, 0.15) is 16.8 Å². The molecule has 1 rings (SSSR count). The van der Waals surface area contributed by atoms with Gasteiger partial charge in [0.25, 0.3) is 5.91 Å². The van der Waals surface area contributed by atoms with Crippen molar-refractivity contribution in [2.75, 3.05) is 33.5 Å². The molecule has 0 aliphatic heterocycles. The summed E-state index contributed by atoms with van der Waals surface area (Å²) in [6.45, 7) is 2.03. The third kappa shape index (κ3) is 5.15. The largest absolute Gasteiger partial charge is 0.504 e. The Morgan fingerprint density at radius 1 is 1.26 bits per heavy atom. The molecule has 6 heteroatoms. The maximum absolute atomic E-state index is 11.7. The molecule has 0 fully saturated rings. The Bertz CT molecular complexity index is 408. The van der Waals surface area contributed by atoms with Gasteiger partial charge in [0.1, 0.15) is 0 Å². The van der Waals surface area contributed by atoms with Gasteiger partial charge in [-0.15, -0.1) is 0 Å². The van der Waals surface area contributed by atoms with Gasteiger partial charge in [-0.2, -0.15) is 0 Å². The van der Waals surface area contributed by atoms with E-state index in [2.05, 4.69) is 5.32 Å². The molecule has 0 aliphatic carbocycles. The van der Waals surface area contributed by atoms with E-state index in [0.717, 1.165) is 0 Å². The average molecular weight is 269 g/mol. The lowest BCUT2D eigenvalue weighted by molar-refractivity contribution is 0.0688. The Hall–Kier alpha value is -1.79. The molecule has 106 valence electrons. The summed E-state index contributed by atoms with van der Waals surface area (Å²) in [4.78, 5) is 11.7. The number of para-hydroxylation sites is 1. The van der Waals surface area contributed by atoms with E-state index in [4.69, 9.17) is 9.47 Å². The van der Waals surface area contributed by atoms with Crippen LogP contribution in [0.2, 0.25) is 0 Å². The fraction of sp³-hybridized carbons (Fsp3) is 0.462. The molecule has 0 atom stereocenters. The van der Waals surface area contributed by atoms with Crippen molar-refractivity contribution in [2.45, 2.75) is 6.42 Å². The molecule has 0 aromatic heterocycles. The molecule has 0 aliphatic rings. The maximum atomic E-state index is 11.7. The van der Waals surface area contributed by atoms with Gasteiger partial charge < -0.3 is 25.0 Å². The van der Waals surface area contributed by atoms with Gasteiger partial charge >= 0.3 is 0 Å². The molecule has 3 N–H and O–H groups in total. The molecule has 0 heterocycles. The molecule has 0 radical (unpaired) electrons. The number of nitrogens with one attached hydrogen (secondary N) is 1. The molecule has 6 nitrogen and oxygen atoms in total. The zero-order valence-electron chi connectivity index (χ0n) is 10.9. The summed E-state index contributed by atoms with van der Waals surface area (Å²) in [5.74, 6) is -1.14. The lowest BCUT2D eigenvalue weighted by atomic mass is 10.1. The van der Waals surface area contributed by atoms with E-state index in [9.17, 15) is 15.0 Å². The fourth-order valence-corrected chi connectivity index (χ4v) is 1.43. The van der Waals surface area contributed by atoms with Gasteiger partial charge in [0.2, 0.25) is 0 Å². The Morgan fingerprint density at radius 2 is 2.05 bits per heavy atom. The van der Waals surface area contributed by atoms with Crippen molar-refractivity contribution in [3.63, 3.8) is 0 Å². The second-order valence-electron chi connectivity index (χ2n) is 3.89.